The second-order valence-electron chi connectivity index (χ2n) is 6.12. The lowest BCUT2D eigenvalue weighted by molar-refractivity contribution is 0.0277. The fraction of sp³-hybridized carbons (Fsp3) is 0.211. The van der Waals surface area contributed by atoms with Crippen molar-refractivity contribution < 1.29 is 9.53 Å². The first-order valence-electron chi connectivity index (χ1n) is 8.60. The Morgan fingerprint density at radius 3 is 2.78 bits per heavy atom. The molecule has 1 atom stereocenters. The number of carbonyl (C=O) groups excluding carboxylic acids is 1. The van der Waals surface area contributed by atoms with Gasteiger partial charge >= 0.3 is 0 Å². The Hall–Kier alpha value is -2.74. The Bertz CT molecular complexity index is 918. The molecule has 7 nitrogen and oxygen atoms in total. The lowest BCUT2D eigenvalue weighted by Crippen LogP contribution is -2.33. The summed E-state index contributed by atoms with van der Waals surface area (Å²) in [7, 11) is 0. The van der Waals surface area contributed by atoms with Crippen molar-refractivity contribution in [2.24, 2.45) is 0 Å². The van der Waals surface area contributed by atoms with E-state index in [0.29, 0.717) is 28.8 Å². The highest BCUT2D eigenvalue weighted by Gasteiger charge is 2.16. The molecule has 1 aliphatic heterocycles. The van der Waals surface area contributed by atoms with Crippen LogP contribution in [0.15, 0.2) is 54.9 Å². The highest BCUT2D eigenvalue weighted by Crippen LogP contribution is 2.21. The van der Waals surface area contributed by atoms with Gasteiger partial charge < -0.3 is 15.4 Å². The molecule has 27 heavy (non-hydrogen) atoms. The highest BCUT2D eigenvalue weighted by molar-refractivity contribution is 6.30. The molecule has 1 unspecified atom stereocenters. The van der Waals surface area contributed by atoms with Crippen LogP contribution in [0, 0.1) is 0 Å². The molecular formula is C19H18ClN5O2. The Morgan fingerprint density at radius 1 is 1.22 bits per heavy atom. The Labute approximate surface area is 161 Å². The summed E-state index contributed by atoms with van der Waals surface area (Å²) in [5, 5.41) is 11.0. The monoisotopic (exact) mass is 383 g/mol. The topological polar surface area (TPSA) is 81.1 Å². The number of hydrogen-bond donors (Lipinski definition) is 2. The molecule has 1 amide bonds. The first kappa shape index (κ1) is 17.7. The van der Waals surface area contributed by atoms with Gasteiger partial charge in [-0.2, -0.15) is 5.10 Å². The van der Waals surface area contributed by atoms with Crippen molar-refractivity contribution in [1.82, 2.24) is 20.1 Å². The molecule has 1 aromatic carbocycles. The standard InChI is InChI=1S/C19H18ClN5O2/c20-14-3-6-18(22-11-14)25-9-7-16(24-25)19(26)23-15-4-1-13(2-5-15)17-12-21-8-10-27-17/h1-7,9,11,17,21H,8,10,12H2,(H,23,26). The molecule has 0 radical (unpaired) electrons. The average Bonchev–Trinajstić information content (AvgIpc) is 3.20. The summed E-state index contributed by atoms with van der Waals surface area (Å²) in [6, 6.07) is 12.7. The smallest absolute Gasteiger partial charge is 0.276 e. The number of pyridine rings is 1. The van der Waals surface area contributed by atoms with Gasteiger partial charge in [-0.3, -0.25) is 4.79 Å². The van der Waals surface area contributed by atoms with Crippen molar-refractivity contribution in [2.75, 3.05) is 25.0 Å². The average molecular weight is 384 g/mol. The minimum atomic E-state index is -0.286. The van der Waals surface area contributed by atoms with Crippen molar-refractivity contribution >= 4 is 23.2 Å². The second-order valence-corrected chi connectivity index (χ2v) is 6.56. The number of benzene rings is 1. The highest BCUT2D eigenvalue weighted by atomic mass is 35.5. The molecule has 0 spiro atoms. The quantitative estimate of drug-likeness (QED) is 0.724. The minimum Gasteiger partial charge on any atom is -0.371 e. The number of hydrogen-bond acceptors (Lipinski definition) is 5. The number of amides is 1. The van der Waals surface area contributed by atoms with Crippen LogP contribution in [0.3, 0.4) is 0 Å². The Morgan fingerprint density at radius 2 is 2.07 bits per heavy atom. The van der Waals surface area contributed by atoms with Crippen molar-refractivity contribution in [3.63, 3.8) is 0 Å². The third kappa shape index (κ3) is 4.16. The maximum atomic E-state index is 12.4. The number of aromatic nitrogens is 3. The summed E-state index contributed by atoms with van der Waals surface area (Å²) in [6.07, 6.45) is 3.26. The van der Waals surface area contributed by atoms with Crippen LogP contribution >= 0.6 is 11.6 Å². The number of ether oxygens (including phenoxy) is 1. The van der Waals surface area contributed by atoms with Gasteiger partial charge in [0.25, 0.3) is 5.91 Å². The van der Waals surface area contributed by atoms with E-state index in [1.54, 1.807) is 24.4 Å². The fourth-order valence-corrected chi connectivity index (χ4v) is 2.94. The molecule has 4 rings (SSSR count). The number of nitrogens with one attached hydrogen (secondary N) is 2. The van der Waals surface area contributed by atoms with Crippen LogP contribution in [-0.4, -0.2) is 40.4 Å². The van der Waals surface area contributed by atoms with Gasteiger partial charge in [0.15, 0.2) is 11.5 Å². The van der Waals surface area contributed by atoms with Crippen LogP contribution in [0.4, 0.5) is 5.69 Å². The van der Waals surface area contributed by atoms with Crippen LogP contribution in [0.5, 0.6) is 0 Å². The van der Waals surface area contributed by atoms with Crippen molar-refractivity contribution in [2.45, 2.75) is 6.10 Å². The first-order valence-corrected chi connectivity index (χ1v) is 8.98. The fourth-order valence-electron chi connectivity index (χ4n) is 2.83. The minimum absolute atomic E-state index is 0.0473. The number of anilines is 1. The summed E-state index contributed by atoms with van der Waals surface area (Å²) in [4.78, 5) is 16.6. The molecule has 2 N–H and O–H groups in total. The van der Waals surface area contributed by atoms with Gasteiger partial charge in [0.05, 0.1) is 17.7 Å². The number of carbonyl (C=O) groups is 1. The summed E-state index contributed by atoms with van der Waals surface area (Å²) < 4.78 is 7.26. The molecule has 0 bridgehead atoms. The zero-order valence-corrected chi connectivity index (χ0v) is 15.2. The van der Waals surface area contributed by atoms with Gasteiger partial charge in [0.2, 0.25) is 0 Å². The van der Waals surface area contributed by atoms with Gasteiger partial charge in [-0.25, -0.2) is 9.67 Å². The lowest BCUT2D eigenvalue weighted by Gasteiger charge is -2.24. The third-order valence-corrected chi connectivity index (χ3v) is 4.46. The van der Waals surface area contributed by atoms with E-state index in [-0.39, 0.29) is 12.0 Å². The van der Waals surface area contributed by atoms with Crippen molar-refractivity contribution in [3.8, 4) is 5.82 Å². The third-order valence-electron chi connectivity index (χ3n) is 4.24. The summed E-state index contributed by atoms with van der Waals surface area (Å²) in [5.41, 5.74) is 2.08. The Balaban J connectivity index is 1.42. The van der Waals surface area contributed by atoms with E-state index in [0.717, 1.165) is 18.7 Å². The second kappa shape index (κ2) is 7.87. The molecule has 1 fully saturated rings. The van der Waals surface area contributed by atoms with E-state index in [4.69, 9.17) is 16.3 Å². The largest absolute Gasteiger partial charge is 0.371 e. The molecule has 1 aliphatic rings. The predicted molar refractivity (Wildman–Crippen MR) is 102 cm³/mol. The number of morpholine rings is 1. The summed E-state index contributed by atoms with van der Waals surface area (Å²) in [6.45, 7) is 2.37. The first-order chi connectivity index (χ1) is 13.2. The van der Waals surface area contributed by atoms with E-state index in [2.05, 4.69) is 20.7 Å². The summed E-state index contributed by atoms with van der Waals surface area (Å²) in [5.74, 6) is 0.301. The van der Waals surface area contributed by atoms with Crippen molar-refractivity contribution in [1.29, 1.82) is 0 Å². The van der Waals surface area contributed by atoms with E-state index >= 15 is 0 Å². The van der Waals surface area contributed by atoms with E-state index < -0.39 is 0 Å². The molecular weight excluding hydrogens is 366 g/mol. The summed E-state index contributed by atoms with van der Waals surface area (Å²) >= 11 is 5.84. The SMILES string of the molecule is O=C(Nc1ccc(C2CNCCO2)cc1)c1ccn(-c2ccc(Cl)cn2)n1. The van der Waals surface area contributed by atoms with E-state index in [9.17, 15) is 4.79 Å². The number of halogens is 1. The normalized spacial score (nSPS) is 16.9. The van der Waals surface area contributed by atoms with Crippen LogP contribution in [0.2, 0.25) is 5.02 Å². The van der Waals surface area contributed by atoms with E-state index in [1.165, 1.54) is 10.9 Å². The molecule has 0 aliphatic carbocycles. The maximum Gasteiger partial charge on any atom is 0.276 e. The van der Waals surface area contributed by atoms with Gasteiger partial charge in [-0.1, -0.05) is 23.7 Å². The molecule has 3 aromatic rings. The van der Waals surface area contributed by atoms with Crippen molar-refractivity contribution in [3.05, 3.63) is 71.1 Å². The Kier molecular flexibility index (Phi) is 5.15. The van der Waals surface area contributed by atoms with Crippen LogP contribution in [-0.2, 0) is 4.74 Å². The molecule has 138 valence electrons. The van der Waals surface area contributed by atoms with Gasteiger partial charge in [0.1, 0.15) is 0 Å². The molecule has 3 heterocycles. The lowest BCUT2D eigenvalue weighted by atomic mass is 10.1. The van der Waals surface area contributed by atoms with Gasteiger partial charge in [-0.15, -0.1) is 0 Å². The molecule has 0 saturated carbocycles. The van der Waals surface area contributed by atoms with Crippen LogP contribution < -0.4 is 10.6 Å². The van der Waals surface area contributed by atoms with Crippen LogP contribution in [0.25, 0.3) is 5.82 Å². The van der Waals surface area contributed by atoms with E-state index in [1.807, 2.05) is 24.3 Å². The molecule has 2 aromatic heterocycles. The van der Waals surface area contributed by atoms with Gasteiger partial charge in [0, 0.05) is 31.2 Å². The number of nitrogens with zero attached hydrogens (tertiary/aromatic N) is 3. The van der Waals surface area contributed by atoms with Crippen LogP contribution in [0.1, 0.15) is 22.2 Å². The molecule has 1 saturated heterocycles. The number of rotatable bonds is 4. The zero-order chi connectivity index (χ0) is 18.6. The molecule has 8 heteroatoms. The zero-order valence-electron chi connectivity index (χ0n) is 14.4. The maximum absolute atomic E-state index is 12.4. The predicted octanol–water partition coefficient (Wildman–Crippen LogP) is 2.83. The van der Waals surface area contributed by atoms with Gasteiger partial charge in [-0.05, 0) is 35.9 Å².